The van der Waals surface area contributed by atoms with E-state index in [0.717, 1.165) is 6.07 Å². The molecule has 0 aliphatic rings. The van der Waals surface area contributed by atoms with Crippen molar-refractivity contribution in [3.05, 3.63) is 84.2 Å². The molecular weight excluding hydrogens is 304 g/mol. The number of rotatable bonds is 2. The highest BCUT2D eigenvalue weighted by atomic mass is 19.4. The zero-order chi connectivity index (χ0) is 16.4. The van der Waals surface area contributed by atoms with Crippen molar-refractivity contribution in [2.45, 2.75) is 6.18 Å². The molecule has 0 aromatic heterocycles. The average Bonchev–Trinajstić information content (AvgIpc) is 2.55. The lowest BCUT2D eigenvalue weighted by Gasteiger charge is -2.16. The summed E-state index contributed by atoms with van der Waals surface area (Å²) in [5.74, 6) is -0.468. The molecule has 0 radical (unpaired) electrons. The van der Waals surface area contributed by atoms with Crippen molar-refractivity contribution in [3.63, 3.8) is 0 Å². The number of hydrogen-bond donors (Lipinski definition) is 0. The Balaban J connectivity index is 2.27. The first kappa shape index (κ1) is 15.3. The Morgan fingerprint density at radius 3 is 1.52 bits per heavy atom. The van der Waals surface area contributed by atoms with Gasteiger partial charge in [0.15, 0.2) is 0 Å². The van der Waals surface area contributed by atoms with Gasteiger partial charge in [-0.1, -0.05) is 60.7 Å². The molecule has 3 aromatic carbocycles. The fraction of sp³-hybridized carbons (Fsp3) is 0.0526. The molecule has 0 saturated carbocycles. The molecule has 0 bridgehead atoms. The Kier molecular flexibility index (Phi) is 3.90. The normalized spacial score (nSPS) is 11.5. The van der Waals surface area contributed by atoms with Crippen LogP contribution in [0, 0.1) is 5.82 Å². The van der Waals surface area contributed by atoms with Crippen molar-refractivity contribution in [3.8, 4) is 22.3 Å². The summed E-state index contributed by atoms with van der Waals surface area (Å²) in [6.45, 7) is 0. The lowest BCUT2D eigenvalue weighted by Crippen LogP contribution is -2.07. The summed E-state index contributed by atoms with van der Waals surface area (Å²) in [5, 5.41) is 0. The van der Waals surface area contributed by atoms with Crippen molar-refractivity contribution < 1.29 is 17.6 Å². The van der Waals surface area contributed by atoms with Gasteiger partial charge in [0, 0.05) is 5.56 Å². The molecule has 0 nitrogen and oxygen atoms in total. The Bertz CT molecular complexity index is 835. The van der Waals surface area contributed by atoms with E-state index in [2.05, 4.69) is 0 Å². The Hall–Kier alpha value is -2.62. The zero-order valence-corrected chi connectivity index (χ0v) is 11.9. The van der Waals surface area contributed by atoms with Crippen molar-refractivity contribution in [1.29, 1.82) is 0 Å². The molecule has 3 rings (SSSR count). The summed E-state index contributed by atoms with van der Waals surface area (Å²) in [5.41, 5.74) is 0.371. The van der Waals surface area contributed by atoms with Gasteiger partial charge in [-0.3, -0.25) is 0 Å². The average molecular weight is 316 g/mol. The first-order valence-corrected chi connectivity index (χ1v) is 6.99. The largest absolute Gasteiger partial charge is 0.417 e. The highest BCUT2D eigenvalue weighted by molar-refractivity contribution is 5.85. The predicted octanol–water partition coefficient (Wildman–Crippen LogP) is 6.18. The van der Waals surface area contributed by atoms with E-state index in [-0.39, 0.29) is 11.1 Å². The van der Waals surface area contributed by atoms with Crippen LogP contribution in [-0.2, 0) is 6.18 Å². The second kappa shape index (κ2) is 5.88. The van der Waals surface area contributed by atoms with Crippen LogP contribution in [0.5, 0.6) is 0 Å². The molecule has 0 amide bonds. The topological polar surface area (TPSA) is 0 Å². The third-order valence-corrected chi connectivity index (χ3v) is 3.61. The van der Waals surface area contributed by atoms with Crippen LogP contribution in [0.3, 0.4) is 0 Å². The number of halogens is 4. The van der Waals surface area contributed by atoms with Gasteiger partial charge in [0.1, 0.15) is 5.82 Å². The summed E-state index contributed by atoms with van der Waals surface area (Å²) in [6, 6.07) is 17.9. The number of hydrogen-bond acceptors (Lipinski definition) is 0. The Morgan fingerprint density at radius 1 is 0.522 bits per heavy atom. The molecule has 0 atom stereocenters. The van der Waals surface area contributed by atoms with Crippen LogP contribution in [0.15, 0.2) is 72.8 Å². The maximum Gasteiger partial charge on any atom is 0.417 e. The van der Waals surface area contributed by atoms with Gasteiger partial charge in [-0.05, 0) is 28.8 Å². The minimum absolute atomic E-state index is 0.0406. The third-order valence-electron chi connectivity index (χ3n) is 3.61. The van der Waals surface area contributed by atoms with E-state index in [9.17, 15) is 17.6 Å². The van der Waals surface area contributed by atoms with Crippen LogP contribution < -0.4 is 0 Å². The standard InChI is InChI=1S/C19H12F4/c20-18-12-6-4-10-16(18)14-8-2-1-7-13(14)15-9-3-5-11-17(15)19(21,22)23/h1-12H. The first-order chi connectivity index (χ1) is 11.0. The van der Waals surface area contributed by atoms with E-state index in [1.54, 1.807) is 48.5 Å². The molecule has 0 spiro atoms. The fourth-order valence-corrected chi connectivity index (χ4v) is 2.60. The molecule has 0 aliphatic heterocycles. The molecule has 4 heteroatoms. The molecular formula is C19H12F4. The van der Waals surface area contributed by atoms with Crippen LogP contribution in [0.1, 0.15) is 5.56 Å². The second-order valence-corrected chi connectivity index (χ2v) is 5.07. The van der Waals surface area contributed by atoms with E-state index < -0.39 is 17.6 Å². The Labute approximate surface area is 131 Å². The quantitative estimate of drug-likeness (QED) is 0.495. The minimum atomic E-state index is -4.47. The Morgan fingerprint density at radius 2 is 0.957 bits per heavy atom. The summed E-state index contributed by atoms with van der Waals surface area (Å²) >= 11 is 0. The zero-order valence-electron chi connectivity index (χ0n) is 11.9. The maximum absolute atomic E-state index is 14.1. The van der Waals surface area contributed by atoms with Gasteiger partial charge in [0.25, 0.3) is 0 Å². The molecule has 0 N–H and O–H groups in total. The van der Waals surface area contributed by atoms with Crippen LogP contribution in [0.2, 0.25) is 0 Å². The highest BCUT2D eigenvalue weighted by Crippen LogP contribution is 2.40. The predicted molar refractivity (Wildman–Crippen MR) is 82.3 cm³/mol. The van der Waals surface area contributed by atoms with E-state index in [1.165, 1.54) is 18.2 Å². The van der Waals surface area contributed by atoms with Gasteiger partial charge in [-0.25, -0.2) is 4.39 Å². The SMILES string of the molecule is Fc1ccccc1-c1ccccc1-c1ccccc1C(F)(F)F. The van der Waals surface area contributed by atoms with Crippen LogP contribution in [0.4, 0.5) is 17.6 Å². The van der Waals surface area contributed by atoms with Gasteiger partial charge < -0.3 is 0 Å². The van der Waals surface area contributed by atoms with Gasteiger partial charge in [0.2, 0.25) is 0 Å². The summed E-state index contributed by atoms with van der Waals surface area (Å²) in [7, 11) is 0. The highest BCUT2D eigenvalue weighted by Gasteiger charge is 2.33. The first-order valence-electron chi connectivity index (χ1n) is 6.99. The van der Waals surface area contributed by atoms with Gasteiger partial charge in [-0.15, -0.1) is 0 Å². The van der Waals surface area contributed by atoms with Crippen LogP contribution >= 0.6 is 0 Å². The monoisotopic (exact) mass is 316 g/mol. The summed E-state index contributed by atoms with van der Waals surface area (Å²) < 4.78 is 53.9. The van der Waals surface area contributed by atoms with Crippen LogP contribution in [0.25, 0.3) is 22.3 Å². The molecule has 116 valence electrons. The maximum atomic E-state index is 14.1. The van der Waals surface area contributed by atoms with Gasteiger partial charge in [-0.2, -0.15) is 13.2 Å². The van der Waals surface area contributed by atoms with Crippen molar-refractivity contribution in [1.82, 2.24) is 0 Å². The van der Waals surface area contributed by atoms with E-state index in [1.807, 2.05) is 0 Å². The molecule has 23 heavy (non-hydrogen) atoms. The number of benzene rings is 3. The molecule has 0 saturated heterocycles. The van der Waals surface area contributed by atoms with E-state index >= 15 is 0 Å². The fourth-order valence-electron chi connectivity index (χ4n) is 2.60. The van der Waals surface area contributed by atoms with E-state index in [0.29, 0.717) is 11.1 Å². The lowest BCUT2D eigenvalue weighted by molar-refractivity contribution is -0.137. The molecule has 0 unspecified atom stereocenters. The molecule has 3 aromatic rings. The second-order valence-electron chi connectivity index (χ2n) is 5.07. The van der Waals surface area contributed by atoms with Gasteiger partial charge >= 0.3 is 6.18 Å². The third kappa shape index (κ3) is 2.97. The van der Waals surface area contributed by atoms with Crippen molar-refractivity contribution in [2.75, 3.05) is 0 Å². The molecule has 0 fully saturated rings. The molecule has 0 aliphatic carbocycles. The van der Waals surface area contributed by atoms with Gasteiger partial charge in [0.05, 0.1) is 5.56 Å². The summed E-state index contributed by atoms with van der Waals surface area (Å²) in [6.07, 6.45) is -4.47. The van der Waals surface area contributed by atoms with E-state index in [4.69, 9.17) is 0 Å². The lowest BCUT2D eigenvalue weighted by atomic mass is 9.91. The van der Waals surface area contributed by atoms with Crippen LogP contribution in [-0.4, -0.2) is 0 Å². The smallest absolute Gasteiger partial charge is 0.206 e. The van der Waals surface area contributed by atoms with Crippen molar-refractivity contribution >= 4 is 0 Å². The number of alkyl halides is 3. The van der Waals surface area contributed by atoms with Crippen molar-refractivity contribution in [2.24, 2.45) is 0 Å². The minimum Gasteiger partial charge on any atom is -0.206 e. The molecule has 0 heterocycles. The summed E-state index contributed by atoms with van der Waals surface area (Å²) in [4.78, 5) is 0.